The van der Waals surface area contributed by atoms with Crippen molar-refractivity contribution in [2.75, 3.05) is 0 Å². The molecule has 0 aliphatic heterocycles. The molecule has 1 aromatic carbocycles. The largest absolute Gasteiger partial charge is 0.360 e. The van der Waals surface area contributed by atoms with Crippen LogP contribution in [0.5, 0.6) is 0 Å². The highest BCUT2D eigenvalue weighted by molar-refractivity contribution is 6.09. The highest BCUT2D eigenvalue weighted by Gasteiger charge is 2.25. The Labute approximate surface area is 126 Å². The van der Waals surface area contributed by atoms with Crippen molar-refractivity contribution in [2.45, 2.75) is 57.5 Å². The average molecular weight is 285 g/mol. The van der Waals surface area contributed by atoms with Gasteiger partial charge in [0, 0.05) is 22.7 Å². The molecule has 3 rings (SSSR count). The number of quaternary nitrogens is 1. The van der Waals surface area contributed by atoms with Crippen molar-refractivity contribution in [3.05, 3.63) is 36.0 Å². The van der Waals surface area contributed by atoms with E-state index in [0.717, 1.165) is 16.5 Å². The monoisotopic (exact) mass is 285 g/mol. The fraction of sp³-hybridized carbons (Fsp3) is 0.500. The number of aromatic nitrogens is 1. The minimum atomic E-state index is 0.00676. The summed E-state index contributed by atoms with van der Waals surface area (Å²) in [5.74, 6) is 0.247. The maximum absolute atomic E-state index is 12.7. The van der Waals surface area contributed by atoms with Gasteiger partial charge in [-0.25, -0.2) is 0 Å². The van der Waals surface area contributed by atoms with Crippen LogP contribution in [0.25, 0.3) is 10.9 Å². The average Bonchev–Trinajstić information content (AvgIpc) is 2.76. The predicted octanol–water partition coefficient (Wildman–Crippen LogP) is 3.03. The maximum Gasteiger partial charge on any atom is 0.221 e. The van der Waals surface area contributed by atoms with Crippen molar-refractivity contribution >= 4 is 16.7 Å². The molecule has 1 atom stereocenters. The van der Waals surface area contributed by atoms with Crippen molar-refractivity contribution < 1.29 is 10.1 Å². The van der Waals surface area contributed by atoms with Crippen molar-refractivity contribution in [1.82, 2.24) is 4.98 Å². The van der Waals surface area contributed by atoms with Crippen LogP contribution in [0.15, 0.2) is 30.5 Å². The molecular formula is C18H25N2O+. The highest BCUT2D eigenvalue weighted by Crippen LogP contribution is 2.19. The van der Waals surface area contributed by atoms with Crippen LogP contribution < -0.4 is 5.32 Å². The molecular weight excluding hydrogens is 260 g/mol. The Hall–Kier alpha value is -1.61. The summed E-state index contributed by atoms with van der Waals surface area (Å²) in [6.07, 6.45) is 9.72. The third-order valence-electron chi connectivity index (χ3n) is 4.73. The summed E-state index contributed by atoms with van der Waals surface area (Å²) < 4.78 is 0. The van der Waals surface area contributed by atoms with Crippen LogP contribution >= 0.6 is 0 Å². The number of nitrogens with one attached hydrogen (secondary N) is 1. The number of H-pyrrole nitrogens is 1. The van der Waals surface area contributed by atoms with E-state index in [1.165, 1.54) is 38.5 Å². The van der Waals surface area contributed by atoms with Gasteiger partial charge in [0.15, 0.2) is 0 Å². The fourth-order valence-corrected chi connectivity index (χ4v) is 3.52. The Bertz CT molecular complexity index is 608. The van der Waals surface area contributed by atoms with Crippen molar-refractivity contribution in [3.8, 4) is 0 Å². The Morgan fingerprint density at radius 3 is 2.67 bits per heavy atom. The standard InChI is InChI=1S/C18H24N2O/c1-13(20-14-8-4-2-3-5-9-14)18(21)16-12-19-17-11-7-6-10-15(16)17/h6-7,10-14,19-20H,2-5,8-9H2,1H3/p+1/t13-/m0/s1. The highest BCUT2D eigenvalue weighted by atomic mass is 16.1. The molecule has 1 aliphatic carbocycles. The van der Waals surface area contributed by atoms with E-state index >= 15 is 0 Å². The third-order valence-corrected chi connectivity index (χ3v) is 4.73. The molecule has 2 aromatic rings. The SMILES string of the molecule is C[C@H]([NH2+]C1CCCCCC1)C(=O)c1c[nH]c2ccccc12. The number of Topliss-reactive ketones (excluding diaryl/α,β-unsaturated/α-hetero) is 1. The Balaban J connectivity index is 1.71. The van der Waals surface area contributed by atoms with E-state index in [1.807, 2.05) is 30.5 Å². The molecule has 1 aromatic heterocycles. The van der Waals surface area contributed by atoms with Gasteiger partial charge in [0.2, 0.25) is 5.78 Å². The number of ketones is 1. The summed E-state index contributed by atoms with van der Waals surface area (Å²) in [5.41, 5.74) is 1.88. The fourth-order valence-electron chi connectivity index (χ4n) is 3.52. The first-order valence-electron chi connectivity index (χ1n) is 8.21. The number of hydrogen-bond acceptors (Lipinski definition) is 1. The number of para-hydroxylation sites is 1. The van der Waals surface area contributed by atoms with Gasteiger partial charge in [-0.1, -0.05) is 31.0 Å². The van der Waals surface area contributed by atoms with Gasteiger partial charge in [-0.3, -0.25) is 4.79 Å². The number of aromatic amines is 1. The first-order valence-corrected chi connectivity index (χ1v) is 8.21. The van der Waals surface area contributed by atoms with Crippen molar-refractivity contribution in [1.29, 1.82) is 0 Å². The molecule has 21 heavy (non-hydrogen) atoms. The van der Waals surface area contributed by atoms with Crippen LogP contribution in [-0.4, -0.2) is 22.9 Å². The molecule has 3 N–H and O–H groups in total. The summed E-state index contributed by atoms with van der Waals surface area (Å²) in [6, 6.07) is 8.66. The number of fused-ring (bicyclic) bond motifs is 1. The third kappa shape index (κ3) is 3.18. The van der Waals surface area contributed by atoms with Gasteiger partial charge in [-0.15, -0.1) is 0 Å². The molecule has 0 bridgehead atoms. The van der Waals surface area contributed by atoms with Crippen LogP contribution in [0.1, 0.15) is 55.8 Å². The second kappa shape index (κ2) is 6.44. The smallest absolute Gasteiger partial charge is 0.221 e. The number of carbonyl (C=O) groups is 1. The summed E-state index contributed by atoms with van der Waals surface area (Å²) in [7, 11) is 0. The molecule has 0 spiro atoms. The van der Waals surface area contributed by atoms with Crippen molar-refractivity contribution in [3.63, 3.8) is 0 Å². The van der Waals surface area contributed by atoms with Gasteiger partial charge in [-0.05, 0) is 38.7 Å². The molecule has 0 unspecified atom stereocenters. The summed E-state index contributed by atoms with van der Waals surface area (Å²) >= 11 is 0. The molecule has 0 radical (unpaired) electrons. The predicted molar refractivity (Wildman–Crippen MR) is 85.5 cm³/mol. The molecule has 1 aliphatic rings. The lowest BCUT2D eigenvalue weighted by Crippen LogP contribution is -2.95. The Kier molecular flexibility index (Phi) is 4.39. The number of rotatable bonds is 4. The first kappa shape index (κ1) is 14.3. The van der Waals surface area contributed by atoms with E-state index in [4.69, 9.17) is 0 Å². The van der Waals surface area contributed by atoms with Gasteiger partial charge < -0.3 is 10.3 Å². The second-order valence-electron chi connectivity index (χ2n) is 6.34. The van der Waals surface area contributed by atoms with E-state index in [-0.39, 0.29) is 11.8 Å². The van der Waals surface area contributed by atoms with Crippen molar-refractivity contribution in [2.24, 2.45) is 0 Å². The molecule has 3 nitrogen and oxygen atoms in total. The Morgan fingerprint density at radius 1 is 1.19 bits per heavy atom. The summed E-state index contributed by atoms with van der Waals surface area (Å²) in [6.45, 7) is 2.05. The summed E-state index contributed by atoms with van der Waals surface area (Å²) in [4.78, 5) is 15.9. The van der Waals surface area contributed by atoms with Gasteiger partial charge >= 0.3 is 0 Å². The van der Waals surface area contributed by atoms with Crippen LogP contribution in [0.4, 0.5) is 0 Å². The first-order chi connectivity index (χ1) is 10.3. The van der Waals surface area contributed by atoms with Crippen LogP contribution in [0.3, 0.4) is 0 Å². The van der Waals surface area contributed by atoms with E-state index in [2.05, 4.69) is 17.2 Å². The van der Waals surface area contributed by atoms with E-state index in [9.17, 15) is 4.79 Å². The summed E-state index contributed by atoms with van der Waals surface area (Å²) in [5, 5.41) is 3.35. The maximum atomic E-state index is 12.7. The lowest BCUT2D eigenvalue weighted by molar-refractivity contribution is -0.706. The Morgan fingerprint density at radius 2 is 1.90 bits per heavy atom. The van der Waals surface area contributed by atoms with E-state index in [1.54, 1.807) is 0 Å². The number of hydrogen-bond donors (Lipinski definition) is 2. The molecule has 112 valence electrons. The number of carbonyl (C=O) groups excluding carboxylic acids is 1. The van der Waals surface area contributed by atoms with Gasteiger partial charge in [-0.2, -0.15) is 0 Å². The van der Waals surface area contributed by atoms with Gasteiger partial charge in [0.25, 0.3) is 0 Å². The minimum Gasteiger partial charge on any atom is -0.360 e. The zero-order valence-corrected chi connectivity index (χ0v) is 12.8. The molecule has 0 amide bonds. The topological polar surface area (TPSA) is 49.5 Å². The lowest BCUT2D eigenvalue weighted by Gasteiger charge is -2.17. The number of nitrogens with two attached hydrogens (primary N) is 1. The van der Waals surface area contributed by atoms with Gasteiger partial charge in [0.1, 0.15) is 6.04 Å². The quantitative estimate of drug-likeness (QED) is 0.658. The molecule has 1 fully saturated rings. The van der Waals surface area contributed by atoms with Crippen LogP contribution in [0, 0.1) is 0 Å². The minimum absolute atomic E-state index is 0.00676. The van der Waals surface area contributed by atoms with Crippen LogP contribution in [0.2, 0.25) is 0 Å². The van der Waals surface area contributed by atoms with Crippen LogP contribution in [-0.2, 0) is 0 Å². The molecule has 0 saturated heterocycles. The van der Waals surface area contributed by atoms with E-state index in [0.29, 0.717) is 6.04 Å². The molecule has 1 heterocycles. The molecule has 3 heteroatoms. The van der Waals surface area contributed by atoms with Gasteiger partial charge in [0.05, 0.1) is 6.04 Å². The second-order valence-corrected chi connectivity index (χ2v) is 6.34. The van der Waals surface area contributed by atoms with E-state index < -0.39 is 0 Å². The zero-order valence-electron chi connectivity index (χ0n) is 12.8. The lowest BCUT2D eigenvalue weighted by atomic mass is 10.0. The zero-order chi connectivity index (χ0) is 14.7. The normalized spacial score (nSPS) is 18.5. The number of benzene rings is 1. The molecule has 1 saturated carbocycles.